The number of para-hydroxylation sites is 1. The standard InChI is InChI=1S/C26H19ClN2O2/c1-17-23(26(30)31-25(17)19-12-14-20(27)15-13-19)22-16-29(21-10-6-3-7-11-21)28-24(22)18-8-4-2-5-9-18/h2-16,23,25H,1H2. The van der Waals surface area contributed by atoms with Gasteiger partial charge in [0.2, 0.25) is 0 Å². The molecule has 2 atom stereocenters. The van der Waals surface area contributed by atoms with Crippen LogP contribution < -0.4 is 0 Å². The lowest BCUT2D eigenvalue weighted by molar-refractivity contribution is -0.142. The molecule has 2 heterocycles. The van der Waals surface area contributed by atoms with Crippen molar-refractivity contribution in [1.82, 2.24) is 9.78 Å². The highest BCUT2D eigenvalue weighted by atomic mass is 35.5. The Bertz CT molecular complexity index is 1250. The highest BCUT2D eigenvalue weighted by Crippen LogP contribution is 2.45. The Kier molecular flexibility index (Phi) is 4.92. The highest BCUT2D eigenvalue weighted by Gasteiger charge is 2.42. The summed E-state index contributed by atoms with van der Waals surface area (Å²) in [6, 6.07) is 27.0. The molecule has 31 heavy (non-hydrogen) atoms. The van der Waals surface area contributed by atoms with Gasteiger partial charge in [-0.1, -0.05) is 78.8 Å². The quantitative estimate of drug-likeness (QED) is 0.291. The Morgan fingerprint density at radius 3 is 2.23 bits per heavy atom. The number of hydrogen-bond acceptors (Lipinski definition) is 3. The van der Waals surface area contributed by atoms with E-state index in [4.69, 9.17) is 21.4 Å². The molecule has 0 saturated carbocycles. The number of benzene rings is 3. The number of rotatable bonds is 4. The van der Waals surface area contributed by atoms with Crippen LogP contribution in [0.2, 0.25) is 5.02 Å². The summed E-state index contributed by atoms with van der Waals surface area (Å²) in [5.41, 5.74) is 4.91. The molecule has 5 rings (SSSR count). The van der Waals surface area contributed by atoms with Crippen LogP contribution in [-0.4, -0.2) is 15.7 Å². The second-order valence-electron chi connectivity index (χ2n) is 7.46. The van der Waals surface area contributed by atoms with Gasteiger partial charge >= 0.3 is 5.97 Å². The maximum Gasteiger partial charge on any atom is 0.318 e. The van der Waals surface area contributed by atoms with E-state index in [-0.39, 0.29) is 5.97 Å². The predicted molar refractivity (Wildman–Crippen MR) is 121 cm³/mol. The van der Waals surface area contributed by atoms with Gasteiger partial charge in [-0.25, -0.2) is 4.68 Å². The third-order valence-corrected chi connectivity index (χ3v) is 5.72. The van der Waals surface area contributed by atoms with Crippen LogP contribution in [0.4, 0.5) is 0 Å². The van der Waals surface area contributed by atoms with Crippen molar-refractivity contribution in [2.75, 3.05) is 0 Å². The maximum atomic E-state index is 13.0. The normalized spacial score (nSPS) is 18.2. The lowest BCUT2D eigenvalue weighted by Crippen LogP contribution is -2.07. The van der Waals surface area contributed by atoms with E-state index in [9.17, 15) is 4.79 Å². The first-order valence-electron chi connectivity index (χ1n) is 9.97. The van der Waals surface area contributed by atoms with Gasteiger partial charge in [-0.05, 0) is 35.4 Å². The second kappa shape index (κ2) is 7.89. The minimum Gasteiger partial charge on any atom is -0.452 e. The summed E-state index contributed by atoms with van der Waals surface area (Å²) >= 11 is 6.02. The molecule has 0 bridgehead atoms. The van der Waals surface area contributed by atoms with Crippen LogP contribution in [0, 0.1) is 0 Å². The first kappa shape index (κ1) is 19.3. The molecule has 5 heteroatoms. The van der Waals surface area contributed by atoms with Gasteiger partial charge < -0.3 is 4.74 Å². The average molecular weight is 427 g/mol. The molecule has 4 nitrogen and oxygen atoms in total. The summed E-state index contributed by atoms with van der Waals surface area (Å²) in [5, 5.41) is 5.45. The fourth-order valence-electron chi connectivity index (χ4n) is 3.94. The number of carbonyl (C=O) groups excluding carboxylic acids is 1. The van der Waals surface area contributed by atoms with Crippen molar-refractivity contribution in [2.24, 2.45) is 0 Å². The van der Waals surface area contributed by atoms with Crippen molar-refractivity contribution < 1.29 is 9.53 Å². The number of carbonyl (C=O) groups is 1. The average Bonchev–Trinajstić information content (AvgIpc) is 3.36. The third-order valence-electron chi connectivity index (χ3n) is 5.47. The number of esters is 1. The Morgan fingerprint density at radius 2 is 1.55 bits per heavy atom. The minimum atomic E-state index is -0.603. The van der Waals surface area contributed by atoms with E-state index in [0.29, 0.717) is 10.6 Å². The van der Waals surface area contributed by atoms with E-state index in [1.54, 1.807) is 16.8 Å². The Labute approximate surface area is 185 Å². The summed E-state index contributed by atoms with van der Waals surface area (Å²) in [6.45, 7) is 4.24. The summed E-state index contributed by atoms with van der Waals surface area (Å²) in [4.78, 5) is 13.0. The van der Waals surface area contributed by atoms with E-state index in [2.05, 4.69) is 6.58 Å². The molecule has 1 aliphatic rings. The SMILES string of the molecule is C=C1C(c2ccc(Cl)cc2)OC(=O)C1c1cn(-c2ccccc2)nc1-c1ccccc1. The van der Waals surface area contributed by atoms with E-state index in [0.717, 1.165) is 28.1 Å². The van der Waals surface area contributed by atoms with Crippen molar-refractivity contribution in [3.8, 4) is 16.9 Å². The zero-order valence-corrected chi connectivity index (χ0v) is 17.4. The Hall–Kier alpha value is -3.63. The molecular weight excluding hydrogens is 408 g/mol. The van der Waals surface area contributed by atoms with Gasteiger partial charge in [0.25, 0.3) is 0 Å². The molecule has 152 valence electrons. The van der Waals surface area contributed by atoms with Gasteiger partial charge in [0, 0.05) is 22.3 Å². The first-order valence-corrected chi connectivity index (χ1v) is 10.3. The molecule has 0 aliphatic carbocycles. The number of cyclic esters (lactones) is 1. The van der Waals surface area contributed by atoms with Crippen LogP contribution in [0.5, 0.6) is 0 Å². The van der Waals surface area contributed by atoms with Gasteiger partial charge in [0.15, 0.2) is 0 Å². The lowest BCUT2D eigenvalue weighted by atomic mass is 9.88. The fourth-order valence-corrected chi connectivity index (χ4v) is 4.07. The zero-order chi connectivity index (χ0) is 21.4. The van der Waals surface area contributed by atoms with Gasteiger partial charge in [0.05, 0.1) is 11.4 Å². The van der Waals surface area contributed by atoms with Crippen LogP contribution >= 0.6 is 11.6 Å². The maximum absolute atomic E-state index is 13.0. The monoisotopic (exact) mass is 426 g/mol. The molecule has 0 spiro atoms. The first-order chi connectivity index (χ1) is 15.1. The molecule has 4 aromatic rings. The van der Waals surface area contributed by atoms with Crippen molar-refractivity contribution in [3.05, 3.63) is 119 Å². The number of hydrogen-bond donors (Lipinski definition) is 0. The van der Waals surface area contributed by atoms with Crippen LogP contribution in [0.25, 0.3) is 16.9 Å². The van der Waals surface area contributed by atoms with E-state index < -0.39 is 12.0 Å². The van der Waals surface area contributed by atoms with Crippen molar-refractivity contribution in [1.29, 1.82) is 0 Å². The fraction of sp³-hybridized carbons (Fsp3) is 0.0769. The Balaban J connectivity index is 1.60. The summed E-state index contributed by atoms with van der Waals surface area (Å²) in [6.07, 6.45) is 1.39. The van der Waals surface area contributed by atoms with Crippen molar-refractivity contribution >= 4 is 17.6 Å². The van der Waals surface area contributed by atoms with Crippen molar-refractivity contribution in [3.63, 3.8) is 0 Å². The number of nitrogens with zero attached hydrogens (tertiary/aromatic N) is 2. The summed E-state index contributed by atoms with van der Waals surface area (Å²) < 4.78 is 7.55. The van der Waals surface area contributed by atoms with Crippen molar-refractivity contribution in [2.45, 2.75) is 12.0 Å². The van der Waals surface area contributed by atoms with Gasteiger partial charge in [-0.3, -0.25) is 4.79 Å². The lowest BCUT2D eigenvalue weighted by Gasteiger charge is -2.12. The molecular formula is C26H19ClN2O2. The number of halogens is 1. The summed E-state index contributed by atoms with van der Waals surface area (Å²) in [5.74, 6) is -0.928. The van der Waals surface area contributed by atoms with Crippen LogP contribution in [0.15, 0.2) is 103 Å². The van der Waals surface area contributed by atoms with Crippen LogP contribution in [0.1, 0.15) is 23.1 Å². The second-order valence-corrected chi connectivity index (χ2v) is 7.89. The third kappa shape index (κ3) is 3.56. The molecule has 0 radical (unpaired) electrons. The molecule has 1 saturated heterocycles. The van der Waals surface area contributed by atoms with E-state index >= 15 is 0 Å². The van der Waals surface area contributed by atoms with Crippen LogP contribution in [0.3, 0.4) is 0 Å². The van der Waals surface area contributed by atoms with Gasteiger partial charge in [-0.15, -0.1) is 0 Å². The molecule has 1 aliphatic heterocycles. The predicted octanol–water partition coefficient (Wildman–Crippen LogP) is 6.13. The topological polar surface area (TPSA) is 44.1 Å². The molecule has 2 unspecified atom stereocenters. The van der Waals surface area contributed by atoms with Gasteiger partial charge in [0.1, 0.15) is 12.0 Å². The minimum absolute atomic E-state index is 0.324. The molecule has 1 aromatic heterocycles. The summed E-state index contributed by atoms with van der Waals surface area (Å²) in [7, 11) is 0. The Morgan fingerprint density at radius 1 is 0.903 bits per heavy atom. The van der Waals surface area contributed by atoms with Gasteiger partial charge in [-0.2, -0.15) is 5.10 Å². The number of ether oxygens (including phenoxy) is 1. The molecule has 0 amide bonds. The molecule has 0 N–H and O–H groups in total. The molecule has 1 fully saturated rings. The highest BCUT2D eigenvalue weighted by molar-refractivity contribution is 6.30. The largest absolute Gasteiger partial charge is 0.452 e. The van der Waals surface area contributed by atoms with E-state index in [1.165, 1.54) is 0 Å². The zero-order valence-electron chi connectivity index (χ0n) is 16.6. The number of aromatic nitrogens is 2. The molecule has 3 aromatic carbocycles. The van der Waals surface area contributed by atoms with Crippen LogP contribution in [-0.2, 0) is 9.53 Å². The smallest absolute Gasteiger partial charge is 0.318 e. The van der Waals surface area contributed by atoms with E-state index in [1.807, 2.05) is 79.0 Å².